The predicted octanol–water partition coefficient (Wildman–Crippen LogP) is 9.25. The molecule has 0 aromatic rings. The van der Waals surface area contributed by atoms with Crippen molar-refractivity contribution in [2.75, 3.05) is 13.2 Å². The summed E-state index contributed by atoms with van der Waals surface area (Å²) in [5.41, 5.74) is 0. The Hall–Kier alpha value is -2.22. The third kappa shape index (κ3) is 30.8. The fraction of sp³-hybridized carbons (Fsp3) is 0.750. The summed E-state index contributed by atoms with van der Waals surface area (Å²) >= 11 is 0. The van der Waals surface area contributed by atoms with Gasteiger partial charge in [-0.1, -0.05) is 140 Å². The Morgan fingerprint density at radius 1 is 0.617 bits per heavy atom. The number of ether oxygens (including phenoxy) is 2. The van der Waals surface area contributed by atoms with Gasteiger partial charge in [0.25, 0.3) is 0 Å². The highest BCUT2D eigenvalue weighted by Crippen LogP contribution is 2.16. The van der Waals surface area contributed by atoms with Crippen LogP contribution in [0.4, 0.5) is 0 Å². The number of aliphatic hydroxyl groups is 3. The number of unbranched alkanes of at least 4 members (excludes halogenated alkanes) is 9. The number of hydrogen-bond donors (Lipinski definition) is 3. The van der Waals surface area contributed by atoms with Crippen LogP contribution in [0.3, 0.4) is 0 Å². The van der Waals surface area contributed by atoms with E-state index in [0.29, 0.717) is 19.3 Å². The fourth-order valence-electron chi connectivity index (χ4n) is 5.03. The summed E-state index contributed by atoms with van der Waals surface area (Å²) in [6, 6.07) is 0. The number of esters is 2. The van der Waals surface area contributed by atoms with E-state index in [1.54, 1.807) is 0 Å². The van der Waals surface area contributed by atoms with Crippen LogP contribution < -0.4 is 0 Å². The van der Waals surface area contributed by atoms with Crippen LogP contribution in [0.25, 0.3) is 0 Å². The van der Waals surface area contributed by atoms with Crippen LogP contribution >= 0.6 is 0 Å². The van der Waals surface area contributed by atoms with Crippen molar-refractivity contribution in [2.24, 2.45) is 5.92 Å². The molecule has 0 spiro atoms. The van der Waals surface area contributed by atoms with E-state index >= 15 is 0 Å². The van der Waals surface area contributed by atoms with Crippen LogP contribution in [0.2, 0.25) is 0 Å². The smallest absolute Gasteiger partial charge is 0.306 e. The van der Waals surface area contributed by atoms with Crippen molar-refractivity contribution in [2.45, 2.75) is 174 Å². The van der Waals surface area contributed by atoms with E-state index in [-0.39, 0.29) is 25.4 Å². The van der Waals surface area contributed by atoms with Crippen molar-refractivity contribution in [3.63, 3.8) is 0 Å². The first kappa shape index (κ1) is 44.8. The van der Waals surface area contributed by atoms with Crippen LogP contribution in [0.15, 0.2) is 48.6 Å². The van der Waals surface area contributed by atoms with Gasteiger partial charge in [0.05, 0.1) is 18.8 Å². The molecule has 0 aliphatic carbocycles. The van der Waals surface area contributed by atoms with Crippen LogP contribution in [0.5, 0.6) is 0 Å². The summed E-state index contributed by atoms with van der Waals surface area (Å²) in [7, 11) is 0. The Bertz CT molecular complexity index is 848. The molecule has 0 saturated carbocycles. The Kier molecular flexibility index (Phi) is 32.1. The zero-order chi connectivity index (χ0) is 34.8. The lowest BCUT2D eigenvalue weighted by Gasteiger charge is -2.17. The first-order valence-electron chi connectivity index (χ1n) is 18.8. The number of aliphatic hydroxyl groups excluding tert-OH is 3. The van der Waals surface area contributed by atoms with Crippen LogP contribution in [0.1, 0.15) is 156 Å². The van der Waals surface area contributed by atoms with Gasteiger partial charge in [-0.15, -0.1) is 0 Å². The highest BCUT2D eigenvalue weighted by atomic mass is 16.6. The number of hydrogen-bond acceptors (Lipinski definition) is 7. The molecule has 47 heavy (non-hydrogen) atoms. The number of rotatable bonds is 32. The monoisotopic (exact) mass is 663 g/mol. The van der Waals surface area contributed by atoms with Gasteiger partial charge in [-0.2, -0.15) is 0 Å². The first-order chi connectivity index (χ1) is 22.8. The molecule has 0 bridgehead atoms. The van der Waals surface area contributed by atoms with Crippen molar-refractivity contribution in [3.05, 3.63) is 48.6 Å². The van der Waals surface area contributed by atoms with Gasteiger partial charge in [-0.25, -0.2) is 0 Å². The van der Waals surface area contributed by atoms with E-state index in [4.69, 9.17) is 9.47 Å². The summed E-state index contributed by atoms with van der Waals surface area (Å²) in [6.07, 6.45) is 33.4. The Morgan fingerprint density at radius 3 is 1.68 bits per heavy atom. The topological polar surface area (TPSA) is 113 Å². The van der Waals surface area contributed by atoms with Gasteiger partial charge in [0.2, 0.25) is 0 Å². The van der Waals surface area contributed by atoms with Gasteiger partial charge in [-0.05, 0) is 57.3 Å². The summed E-state index contributed by atoms with van der Waals surface area (Å²) in [5.74, 6) is -0.0209. The largest absolute Gasteiger partial charge is 0.462 e. The Morgan fingerprint density at radius 2 is 1.13 bits per heavy atom. The summed E-state index contributed by atoms with van der Waals surface area (Å²) in [6.45, 7) is 6.11. The lowest BCUT2D eigenvalue weighted by molar-refractivity contribution is -0.161. The third-order valence-corrected chi connectivity index (χ3v) is 8.38. The quantitative estimate of drug-likeness (QED) is 0.0374. The maximum absolute atomic E-state index is 12.2. The number of allylic oxidation sites excluding steroid dienone is 7. The molecule has 7 heteroatoms. The minimum atomic E-state index is -0.946. The lowest BCUT2D eigenvalue weighted by atomic mass is 9.99. The molecular formula is C40H70O7. The lowest BCUT2D eigenvalue weighted by Crippen LogP contribution is -2.29. The van der Waals surface area contributed by atoms with Gasteiger partial charge < -0.3 is 24.8 Å². The summed E-state index contributed by atoms with van der Waals surface area (Å²) in [4.78, 5) is 24.3. The average Bonchev–Trinajstić information content (AvgIpc) is 3.07. The minimum Gasteiger partial charge on any atom is -0.462 e. The number of carbonyl (C=O) groups excluding carboxylic acids is 2. The Balaban J connectivity index is 3.86. The molecule has 0 fully saturated rings. The highest BCUT2D eigenvalue weighted by molar-refractivity contribution is 5.70. The normalized spacial score (nSPS) is 14.8. The van der Waals surface area contributed by atoms with Crippen molar-refractivity contribution in [1.82, 2.24) is 0 Å². The van der Waals surface area contributed by atoms with Crippen LogP contribution in [-0.2, 0) is 19.1 Å². The zero-order valence-corrected chi connectivity index (χ0v) is 30.2. The molecule has 0 radical (unpaired) electrons. The van der Waals surface area contributed by atoms with E-state index in [1.165, 1.54) is 57.8 Å². The molecule has 272 valence electrons. The van der Waals surface area contributed by atoms with E-state index in [0.717, 1.165) is 50.9 Å². The maximum Gasteiger partial charge on any atom is 0.306 e. The molecule has 0 saturated heterocycles. The highest BCUT2D eigenvalue weighted by Gasteiger charge is 2.18. The van der Waals surface area contributed by atoms with E-state index < -0.39 is 30.9 Å². The van der Waals surface area contributed by atoms with Gasteiger partial charge in [0.1, 0.15) is 6.61 Å². The SMILES string of the molecule is CC/C=C\C/C=C\C/C=C\C/C=C\C[C@@H](O)[C@H](O)CCCC(=O)O[C@@H](CO)COC(=O)CCCCCCCCCCCCC(C)CC. The molecule has 7 nitrogen and oxygen atoms in total. The molecular weight excluding hydrogens is 592 g/mol. The molecule has 1 unspecified atom stereocenters. The van der Waals surface area contributed by atoms with Gasteiger partial charge >= 0.3 is 11.9 Å². The molecule has 0 aliphatic heterocycles. The maximum atomic E-state index is 12.2. The van der Waals surface area contributed by atoms with Crippen molar-refractivity contribution in [1.29, 1.82) is 0 Å². The zero-order valence-electron chi connectivity index (χ0n) is 30.2. The van der Waals surface area contributed by atoms with Gasteiger partial charge in [0, 0.05) is 12.8 Å². The minimum absolute atomic E-state index is 0.0381. The fourth-order valence-corrected chi connectivity index (χ4v) is 5.03. The van der Waals surface area contributed by atoms with Crippen LogP contribution in [0, 0.1) is 5.92 Å². The van der Waals surface area contributed by atoms with Crippen LogP contribution in [-0.4, -0.2) is 58.8 Å². The van der Waals surface area contributed by atoms with Crippen molar-refractivity contribution >= 4 is 11.9 Å². The average molecular weight is 663 g/mol. The van der Waals surface area contributed by atoms with Gasteiger partial charge in [0.15, 0.2) is 6.10 Å². The molecule has 4 atom stereocenters. The molecule has 0 aliphatic rings. The second-order valence-electron chi connectivity index (χ2n) is 12.8. The summed E-state index contributed by atoms with van der Waals surface area (Å²) in [5, 5.41) is 30.0. The summed E-state index contributed by atoms with van der Waals surface area (Å²) < 4.78 is 10.4. The van der Waals surface area contributed by atoms with Crippen molar-refractivity contribution in [3.8, 4) is 0 Å². The molecule has 0 aromatic heterocycles. The molecule has 0 amide bonds. The molecule has 0 heterocycles. The second kappa shape index (κ2) is 33.7. The predicted molar refractivity (Wildman–Crippen MR) is 194 cm³/mol. The molecule has 3 N–H and O–H groups in total. The molecule has 0 rings (SSSR count). The number of carbonyl (C=O) groups is 2. The standard InChI is InChI=1S/C40H70O7/c1-4-6-7-8-9-10-11-12-16-19-22-25-29-37(42)38(43)30-27-32-40(45)47-36(33-41)34-46-39(44)31-26-23-20-17-14-13-15-18-21-24-28-35(3)5-2/h6-7,9-10,12,16,22,25,35-38,41-43H,4-5,8,11,13-15,17-21,23-24,26-34H2,1-3H3/b7-6-,10-9-,16-12-,25-22-/t35?,36-,37+,38+/m0/s1. The second-order valence-corrected chi connectivity index (χ2v) is 12.8. The first-order valence-corrected chi connectivity index (χ1v) is 18.8. The van der Waals surface area contributed by atoms with E-state index in [2.05, 4.69) is 57.2 Å². The van der Waals surface area contributed by atoms with Crippen molar-refractivity contribution < 1.29 is 34.4 Å². The third-order valence-electron chi connectivity index (χ3n) is 8.38. The van der Waals surface area contributed by atoms with E-state index in [1.807, 2.05) is 12.2 Å². The molecule has 0 aromatic carbocycles. The van der Waals surface area contributed by atoms with E-state index in [9.17, 15) is 24.9 Å². The van der Waals surface area contributed by atoms with Gasteiger partial charge in [-0.3, -0.25) is 9.59 Å². The Labute approximate surface area is 287 Å².